The van der Waals surface area contributed by atoms with E-state index in [1.807, 2.05) is 0 Å². The molecular weight excluding hydrogens is 524 g/mol. The number of hydrogen-bond donors (Lipinski definition) is 0. The number of aryl methyl sites for hydroxylation is 2. The lowest BCUT2D eigenvalue weighted by molar-refractivity contribution is -0.123. The van der Waals surface area contributed by atoms with Crippen molar-refractivity contribution in [3.8, 4) is 0 Å². The van der Waals surface area contributed by atoms with Crippen molar-refractivity contribution in [1.82, 2.24) is 0 Å². The highest BCUT2D eigenvalue weighted by atomic mass is 16.1. The van der Waals surface area contributed by atoms with Crippen molar-refractivity contribution in [3.05, 3.63) is 68.8 Å². The van der Waals surface area contributed by atoms with Crippen molar-refractivity contribution < 1.29 is 9.59 Å². The minimum absolute atomic E-state index is 0.0601. The summed E-state index contributed by atoms with van der Waals surface area (Å²) in [7, 11) is 0. The van der Waals surface area contributed by atoms with Gasteiger partial charge in [-0.2, -0.15) is 0 Å². The van der Waals surface area contributed by atoms with E-state index in [2.05, 4.69) is 79.7 Å². The summed E-state index contributed by atoms with van der Waals surface area (Å²) in [5, 5.41) is 0. The molecule has 0 amide bonds. The van der Waals surface area contributed by atoms with Gasteiger partial charge >= 0.3 is 0 Å². The number of hydrogen-bond acceptors (Lipinski definition) is 2. The van der Waals surface area contributed by atoms with Gasteiger partial charge in [-0.1, -0.05) is 92.5 Å². The molecule has 0 heterocycles. The second kappa shape index (κ2) is 10.7. The van der Waals surface area contributed by atoms with Crippen LogP contribution in [0.5, 0.6) is 0 Å². The van der Waals surface area contributed by atoms with E-state index in [9.17, 15) is 9.59 Å². The molecule has 2 aromatic carbocycles. The van der Waals surface area contributed by atoms with Crippen molar-refractivity contribution in [1.29, 1.82) is 0 Å². The van der Waals surface area contributed by atoms with Crippen LogP contribution in [0.3, 0.4) is 0 Å². The van der Waals surface area contributed by atoms with Gasteiger partial charge in [-0.3, -0.25) is 0 Å². The number of aldehydes is 2. The van der Waals surface area contributed by atoms with Gasteiger partial charge in [0.2, 0.25) is 0 Å². The lowest BCUT2D eigenvalue weighted by Crippen LogP contribution is -2.50. The molecule has 2 fully saturated rings. The second-order valence-corrected chi connectivity index (χ2v) is 16.9. The Labute approximate surface area is 261 Å². The molecule has 0 radical (unpaired) electrons. The smallest absolute Gasteiger partial charge is 0.126 e. The first-order valence-corrected chi connectivity index (χ1v) is 17.5. The van der Waals surface area contributed by atoms with Crippen LogP contribution in [-0.4, -0.2) is 12.6 Å². The van der Waals surface area contributed by atoms with Gasteiger partial charge in [-0.15, -0.1) is 0 Å². The third-order valence-corrected chi connectivity index (χ3v) is 13.5. The van der Waals surface area contributed by atoms with Crippen LogP contribution in [0.2, 0.25) is 0 Å². The fourth-order valence-corrected chi connectivity index (χ4v) is 11.1. The topological polar surface area (TPSA) is 34.1 Å². The Bertz CT molecular complexity index is 1320. The van der Waals surface area contributed by atoms with Gasteiger partial charge < -0.3 is 9.59 Å². The summed E-state index contributed by atoms with van der Waals surface area (Å²) in [6.45, 7) is 18.8. The first kappa shape index (κ1) is 30.8. The minimum Gasteiger partial charge on any atom is -0.303 e. The molecule has 232 valence electrons. The Balaban J connectivity index is 1.48. The summed E-state index contributed by atoms with van der Waals surface area (Å²) in [5.41, 5.74) is 11.8. The lowest BCUT2D eigenvalue weighted by Gasteiger charge is -2.54. The van der Waals surface area contributed by atoms with E-state index < -0.39 is 0 Å². The fourth-order valence-electron chi connectivity index (χ4n) is 11.1. The Morgan fingerprint density at radius 3 is 1.40 bits per heavy atom. The maximum atomic E-state index is 12.4. The molecule has 2 saturated carbocycles. The standard InChI is InChI=1S/C41H56O2/c1-26(2)32-20-28-11-13-36-38(5,24-42)15-9-17-40(36,7)34(28)22-30(32)19-31-23-35-29(21-33(31)27(3)4)12-14-37-39(6,25-43)16-10-18-41(35,37)8/h20-27,36-37H,9-19H2,1-8H3. The summed E-state index contributed by atoms with van der Waals surface area (Å²) in [5.74, 6) is 1.76. The first-order valence-electron chi connectivity index (χ1n) is 17.5. The normalized spacial score (nSPS) is 35.1. The van der Waals surface area contributed by atoms with E-state index >= 15 is 0 Å². The predicted octanol–water partition coefficient (Wildman–Crippen LogP) is 9.94. The van der Waals surface area contributed by atoms with E-state index in [0.29, 0.717) is 23.7 Å². The molecule has 2 heteroatoms. The first-order chi connectivity index (χ1) is 20.3. The van der Waals surface area contributed by atoms with Crippen LogP contribution in [0.1, 0.15) is 163 Å². The number of carbonyl (C=O) groups excluding carboxylic acids is 2. The molecular formula is C41H56O2. The van der Waals surface area contributed by atoms with Crippen LogP contribution >= 0.6 is 0 Å². The third-order valence-electron chi connectivity index (χ3n) is 13.5. The van der Waals surface area contributed by atoms with E-state index in [1.54, 1.807) is 0 Å². The molecule has 6 unspecified atom stereocenters. The SMILES string of the molecule is CC(C)c1cc2c(cc1Cc1cc3c(cc1C(C)C)CCC1C(C)(C=O)CCCC31C)C1(C)CCCC(C)(C=O)C1CC2. The summed E-state index contributed by atoms with van der Waals surface area (Å²) in [6, 6.07) is 10.3. The molecule has 0 aromatic heterocycles. The molecule has 4 aliphatic rings. The summed E-state index contributed by atoms with van der Waals surface area (Å²) >= 11 is 0. The number of rotatable bonds is 6. The summed E-state index contributed by atoms with van der Waals surface area (Å²) in [6.07, 6.45) is 14.6. The summed E-state index contributed by atoms with van der Waals surface area (Å²) < 4.78 is 0. The van der Waals surface area contributed by atoms with Crippen molar-refractivity contribution in [3.63, 3.8) is 0 Å². The number of fused-ring (bicyclic) bond motifs is 6. The van der Waals surface area contributed by atoms with E-state index in [-0.39, 0.29) is 21.7 Å². The molecule has 0 bridgehead atoms. The van der Waals surface area contributed by atoms with Crippen LogP contribution in [0, 0.1) is 22.7 Å². The van der Waals surface area contributed by atoms with E-state index in [0.717, 1.165) is 57.8 Å². The van der Waals surface area contributed by atoms with E-state index in [1.165, 1.54) is 69.9 Å². The van der Waals surface area contributed by atoms with Crippen LogP contribution in [0.25, 0.3) is 0 Å². The highest BCUT2D eigenvalue weighted by Crippen LogP contribution is 2.58. The van der Waals surface area contributed by atoms with Crippen LogP contribution in [-0.2, 0) is 39.7 Å². The molecule has 0 N–H and O–H groups in total. The van der Waals surface area contributed by atoms with Gasteiger partial charge in [0, 0.05) is 10.8 Å². The van der Waals surface area contributed by atoms with Gasteiger partial charge in [0.25, 0.3) is 0 Å². The van der Waals surface area contributed by atoms with Crippen molar-refractivity contribution in [2.45, 2.75) is 149 Å². The quantitative estimate of drug-likeness (QED) is 0.319. The average molecular weight is 581 g/mol. The predicted molar refractivity (Wildman–Crippen MR) is 178 cm³/mol. The van der Waals surface area contributed by atoms with Gasteiger partial charge in [0.15, 0.2) is 0 Å². The summed E-state index contributed by atoms with van der Waals surface area (Å²) in [4.78, 5) is 24.9. The lowest BCUT2D eigenvalue weighted by atomic mass is 9.50. The van der Waals surface area contributed by atoms with Crippen molar-refractivity contribution in [2.75, 3.05) is 0 Å². The fraction of sp³-hybridized carbons (Fsp3) is 0.659. The van der Waals surface area contributed by atoms with Gasteiger partial charge in [0.05, 0.1) is 0 Å². The van der Waals surface area contributed by atoms with Gasteiger partial charge in [0.1, 0.15) is 12.6 Å². The highest BCUT2D eigenvalue weighted by Gasteiger charge is 2.53. The molecule has 2 nitrogen and oxygen atoms in total. The highest BCUT2D eigenvalue weighted by molar-refractivity contribution is 5.63. The molecule has 0 saturated heterocycles. The van der Waals surface area contributed by atoms with Gasteiger partial charge in [-0.25, -0.2) is 0 Å². The zero-order valence-electron chi connectivity index (χ0n) is 28.4. The Kier molecular flexibility index (Phi) is 7.66. The van der Waals surface area contributed by atoms with Crippen molar-refractivity contribution in [2.24, 2.45) is 22.7 Å². The molecule has 43 heavy (non-hydrogen) atoms. The Hall–Kier alpha value is -2.22. The second-order valence-electron chi connectivity index (χ2n) is 16.9. The minimum atomic E-state index is -0.215. The Morgan fingerprint density at radius 1 is 0.651 bits per heavy atom. The number of carbonyl (C=O) groups is 2. The maximum Gasteiger partial charge on any atom is 0.126 e. The molecule has 4 aliphatic carbocycles. The van der Waals surface area contributed by atoms with Crippen molar-refractivity contribution >= 4 is 12.6 Å². The molecule has 0 aliphatic heterocycles. The maximum absolute atomic E-state index is 12.4. The zero-order chi connectivity index (χ0) is 30.9. The monoisotopic (exact) mass is 580 g/mol. The Morgan fingerprint density at radius 2 is 1.05 bits per heavy atom. The molecule has 2 aromatic rings. The molecule has 6 rings (SSSR count). The zero-order valence-corrected chi connectivity index (χ0v) is 28.4. The van der Waals surface area contributed by atoms with Crippen LogP contribution < -0.4 is 0 Å². The third kappa shape index (κ3) is 4.71. The van der Waals surface area contributed by atoms with Gasteiger partial charge in [-0.05, 0) is 137 Å². The number of benzene rings is 2. The van der Waals surface area contributed by atoms with Crippen LogP contribution in [0.4, 0.5) is 0 Å². The molecule has 0 spiro atoms. The largest absolute Gasteiger partial charge is 0.303 e. The average Bonchev–Trinajstić information content (AvgIpc) is 2.96. The van der Waals surface area contributed by atoms with Crippen LogP contribution in [0.15, 0.2) is 24.3 Å². The molecule has 6 atom stereocenters. The van der Waals surface area contributed by atoms with E-state index in [4.69, 9.17) is 0 Å².